The van der Waals surface area contributed by atoms with Gasteiger partial charge in [-0.15, -0.1) is 0 Å². The van der Waals surface area contributed by atoms with Gasteiger partial charge in [-0.25, -0.2) is 0 Å². The van der Waals surface area contributed by atoms with E-state index in [1.807, 2.05) is 22.1 Å². The van der Waals surface area contributed by atoms with Gasteiger partial charge in [0.25, 0.3) is 0 Å². The SMILES string of the molecule is O=C(CCn1cccn1)N1CCC[C@@H](N2CCN(c3cccc(C(F)(F)F)c3)CC2)C1. The summed E-state index contributed by atoms with van der Waals surface area (Å²) >= 11 is 0. The Hall–Kier alpha value is -2.55. The highest BCUT2D eigenvalue weighted by Gasteiger charge is 2.32. The summed E-state index contributed by atoms with van der Waals surface area (Å²) in [5.41, 5.74) is 0.0116. The monoisotopic (exact) mass is 435 g/mol. The van der Waals surface area contributed by atoms with Crippen LogP contribution in [-0.2, 0) is 17.5 Å². The highest BCUT2D eigenvalue weighted by molar-refractivity contribution is 5.76. The minimum absolute atomic E-state index is 0.155. The molecule has 1 amide bonds. The maximum absolute atomic E-state index is 13.0. The van der Waals surface area contributed by atoms with Gasteiger partial charge in [-0.1, -0.05) is 6.07 Å². The number of piperidine rings is 1. The zero-order valence-corrected chi connectivity index (χ0v) is 17.5. The van der Waals surface area contributed by atoms with Gasteiger partial charge in [0.15, 0.2) is 0 Å². The van der Waals surface area contributed by atoms with Gasteiger partial charge in [0, 0.05) is 76.4 Å². The van der Waals surface area contributed by atoms with E-state index < -0.39 is 11.7 Å². The van der Waals surface area contributed by atoms with Crippen LogP contribution in [0.25, 0.3) is 0 Å². The summed E-state index contributed by atoms with van der Waals surface area (Å²) in [6.45, 7) is 5.05. The third kappa shape index (κ3) is 5.39. The quantitative estimate of drug-likeness (QED) is 0.724. The van der Waals surface area contributed by atoms with Gasteiger partial charge in [-0.2, -0.15) is 18.3 Å². The molecular weight excluding hydrogens is 407 g/mol. The molecule has 9 heteroatoms. The first kappa shape index (κ1) is 21.7. The highest BCUT2D eigenvalue weighted by atomic mass is 19.4. The Labute approximate surface area is 180 Å². The first-order chi connectivity index (χ1) is 14.9. The van der Waals surface area contributed by atoms with E-state index >= 15 is 0 Å². The van der Waals surface area contributed by atoms with Crippen molar-refractivity contribution in [2.45, 2.75) is 38.0 Å². The predicted octanol–water partition coefficient (Wildman–Crippen LogP) is 3.11. The number of benzene rings is 1. The molecule has 0 saturated carbocycles. The van der Waals surface area contributed by atoms with Crippen LogP contribution in [0, 0.1) is 0 Å². The van der Waals surface area contributed by atoms with Crippen molar-refractivity contribution in [2.24, 2.45) is 0 Å². The van der Waals surface area contributed by atoms with Gasteiger partial charge in [0.1, 0.15) is 0 Å². The topological polar surface area (TPSA) is 44.6 Å². The average molecular weight is 435 g/mol. The number of alkyl halides is 3. The Bertz CT molecular complexity index is 862. The van der Waals surface area contributed by atoms with E-state index in [9.17, 15) is 18.0 Å². The van der Waals surface area contributed by atoms with E-state index in [1.165, 1.54) is 12.1 Å². The molecule has 2 aliphatic heterocycles. The van der Waals surface area contributed by atoms with Gasteiger partial charge >= 0.3 is 6.18 Å². The fraction of sp³-hybridized carbons (Fsp3) is 0.545. The highest BCUT2D eigenvalue weighted by Crippen LogP contribution is 2.32. The van der Waals surface area contributed by atoms with Crippen molar-refractivity contribution in [3.63, 3.8) is 0 Å². The Kier molecular flexibility index (Phi) is 6.50. The third-order valence-electron chi connectivity index (χ3n) is 6.23. The normalized spacial score (nSPS) is 20.8. The van der Waals surface area contributed by atoms with Crippen molar-refractivity contribution in [3.8, 4) is 0 Å². The summed E-state index contributed by atoms with van der Waals surface area (Å²) in [6, 6.07) is 7.71. The molecule has 168 valence electrons. The Balaban J connectivity index is 1.29. The van der Waals surface area contributed by atoms with E-state index in [-0.39, 0.29) is 5.91 Å². The van der Waals surface area contributed by atoms with Crippen LogP contribution >= 0.6 is 0 Å². The van der Waals surface area contributed by atoms with Gasteiger partial charge in [0.05, 0.1) is 5.56 Å². The van der Waals surface area contributed by atoms with Crippen LogP contribution in [0.5, 0.6) is 0 Å². The zero-order valence-electron chi connectivity index (χ0n) is 17.5. The van der Waals surface area contributed by atoms with Crippen LogP contribution in [0.3, 0.4) is 0 Å². The molecule has 2 aliphatic rings. The molecule has 1 aromatic carbocycles. The molecule has 2 aromatic rings. The number of carbonyl (C=O) groups is 1. The number of piperazine rings is 1. The van der Waals surface area contributed by atoms with Crippen molar-refractivity contribution in [1.29, 1.82) is 0 Å². The van der Waals surface area contributed by atoms with Crippen LogP contribution in [0.2, 0.25) is 0 Å². The molecule has 0 unspecified atom stereocenters. The fourth-order valence-corrected chi connectivity index (χ4v) is 4.50. The van der Waals surface area contributed by atoms with E-state index in [4.69, 9.17) is 0 Å². The molecule has 3 heterocycles. The Morgan fingerprint density at radius 2 is 1.90 bits per heavy atom. The molecule has 0 N–H and O–H groups in total. The summed E-state index contributed by atoms with van der Waals surface area (Å²) in [4.78, 5) is 19.0. The number of nitrogens with zero attached hydrogens (tertiary/aromatic N) is 5. The second kappa shape index (κ2) is 9.30. The van der Waals surface area contributed by atoms with Gasteiger partial charge in [0.2, 0.25) is 5.91 Å². The largest absolute Gasteiger partial charge is 0.416 e. The number of aromatic nitrogens is 2. The van der Waals surface area contributed by atoms with Crippen molar-refractivity contribution in [1.82, 2.24) is 19.6 Å². The van der Waals surface area contributed by atoms with Gasteiger partial charge in [-0.05, 0) is 37.1 Å². The number of likely N-dealkylation sites (tertiary alicyclic amines) is 1. The summed E-state index contributed by atoms with van der Waals surface area (Å²) < 4.78 is 40.8. The molecular formula is C22H28F3N5O. The minimum atomic E-state index is -4.33. The molecule has 2 saturated heterocycles. The van der Waals surface area contributed by atoms with E-state index in [0.717, 1.165) is 45.1 Å². The van der Waals surface area contributed by atoms with Crippen molar-refractivity contribution < 1.29 is 18.0 Å². The number of rotatable bonds is 5. The molecule has 2 fully saturated rings. The zero-order chi connectivity index (χ0) is 21.8. The number of anilines is 1. The third-order valence-corrected chi connectivity index (χ3v) is 6.23. The molecule has 31 heavy (non-hydrogen) atoms. The number of halogens is 3. The second-order valence-corrected chi connectivity index (χ2v) is 8.23. The van der Waals surface area contributed by atoms with Crippen molar-refractivity contribution in [3.05, 3.63) is 48.3 Å². The summed E-state index contributed by atoms with van der Waals surface area (Å²) in [6.07, 6.45) is 1.71. The van der Waals surface area contributed by atoms with Crippen LogP contribution in [0.4, 0.5) is 18.9 Å². The van der Waals surface area contributed by atoms with Crippen LogP contribution in [0.1, 0.15) is 24.8 Å². The summed E-state index contributed by atoms with van der Waals surface area (Å²) in [5.74, 6) is 0.155. The second-order valence-electron chi connectivity index (χ2n) is 8.23. The first-order valence-electron chi connectivity index (χ1n) is 10.8. The average Bonchev–Trinajstić information content (AvgIpc) is 3.31. The molecule has 6 nitrogen and oxygen atoms in total. The number of aryl methyl sites for hydroxylation is 1. The molecule has 0 aliphatic carbocycles. The lowest BCUT2D eigenvalue weighted by Gasteiger charge is -2.44. The number of carbonyl (C=O) groups excluding carboxylic acids is 1. The van der Waals surface area contributed by atoms with Crippen LogP contribution < -0.4 is 4.90 Å². The maximum atomic E-state index is 13.0. The lowest BCUT2D eigenvalue weighted by Crippen LogP contribution is -2.56. The number of hydrogen-bond donors (Lipinski definition) is 0. The Morgan fingerprint density at radius 1 is 1.10 bits per heavy atom. The molecule has 0 spiro atoms. The van der Waals surface area contributed by atoms with Crippen LogP contribution in [-0.4, -0.2) is 70.8 Å². The Morgan fingerprint density at radius 3 is 2.61 bits per heavy atom. The molecule has 4 rings (SSSR count). The maximum Gasteiger partial charge on any atom is 0.416 e. The smallest absolute Gasteiger partial charge is 0.369 e. The summed E-state index contributed by atoms with van der Waals surface area (Å²) in [7, 11) is 0. The van der Waals surface area contributed by atoms with Gasteiger partial charge < -0.3 is 9.80 Å². The standard InChI is InChI=1S/C22H28F3N5O/c23-22(24,25)18-4-1-5-19(16-18)27-12-14-28(15-13-27)20-6-2-9-29(17-20)21(31)7-11-30-10-3-8-26-30/h1,3-5,8,10,16,20H,2,6-7,9,11-15,17H2/t20-/m1/s1. The molecule has 1 aromatic heterocycles. The summed E-state index contributed by atoms with van der Waals surface area (Å²) in [5, 5.41) is 4.14. The molecule has 0 radical (unpaired) electrons. The van der Waals surface area contributed by atoms with Crippen molar-refractivity contribution >= 4 is 11.6 Å². The lowest BCUT2D eigenvalue weighted by atomic mass is 10.0. The molecule has 1 atom stereocenters. The number of hydrogen-bond acceptors (Lipinski definition) is 4. The van der Waals surface area contributed by atoms with E-state index in [2.05, 4.69) is 10.00 Å². The van der Waals surface area contributed by atoms with Crippen molar-refractivity contribution in [2.75, 3.05) is 44.2 Å². The van der Waals surface area contributed by atoms with E-state index in [0.29, 0.717) is 37.8 Å². The molecule has 0 bridgehead atoms. The first-order valence-corrected chi connectivity index (χ1v) is 10.8. The van der Waals surface area contributed by atoms with E-state index in [1.54, 1.807) is 16.9 Å². The minimum Gasteiger partial charge on any atom is -0.369 e. The van der Waals surface area contributed by atoms with Gasteiger partial charge in [-0.3, -0.25) is 14.4 Å². The number of amides is 1. The predicted molar refractivity (Wildman–Crippen MR) is 112 cm³/mol. The van der Waals surface area contributed by atoms with Crippen LogP contribution in [0.15, 0.2) is 42.7 Å². The lowest BCUT2D eigenvalue weighted by molar-refractivity contribution is -0.137. The fourth-order valence-electron chi connectivity index (χ4n) is 4.50.